The first kappa shape index (κ1) is 13.8. The zero-order chi connectivity index (χ0) is 15.1. The molecular weight excluding hydrogens is 301 g/mol. The Bertz CT molecular complexity index is 865. The fraction of sp³-hybridized carbons (Fsp3) is 0.0667. The Morgan fingerprint density at radius 2 is 1.76 bits per heavy atom. The summed E-state index contributed by atoms with van der Waals surface area (Å²) in [6, 6.07) is 6.21. The lowest BCUT2D eigenvalue weighted by molar-refractivity contribution is 0.582. The highest BCUT2D eigenvalue weighted by Gasteiger charge is 2.18. The molecular formula is C15H8ClF3N2. The average Bonchev–Trinajstić information content (AvgIpc) is 2.44. The Hall–Kier alpha value is -2.14. The predicted octanol–water partition coefficient (Wildman–Crippen LogP) is 4.68. The van der Waals surface area contributed by atoms with E-state index in [1.807, 2.05) is 0 Å². The van der Waals surface area contributed by atoms with E-state index in [0.29, 0.717) is 5.52 Å². The van der Waals surface area contributed by atoms with E-state index in [2.05, 4.69) is 9.97 Å². The van der Waals surface area contributed by atoms with Gasteiger partial charge >= 0.3 is 0 Å². The molecule has 1 aromatic heterocycles. The largest absolute Gasteiger partial charge is 0.228 e. The predicted molar refractivity (Wildman–Crippen MR) is 74.6 cm³/mol. The van der Waals surface area contributed by atoms with E-state index in [0.717, 1.165) is 6.07 Å². The van der Waals surface area contributed by atoms with Gasteiger partial charge in [-0.2, -0.15) is 0 Å². The number of nitrogens with zero attached hydrogens (tertiary/aromatic N) is 2. The Labute approximate surface area is 123 Å². The number of benzene rings is 2. The number of aromatic nitrogens is 2. The molecule has 2 nitrogen and oxygen atoms in total. The smallest absolute Gasteiger partial charge is 0.167 e. The molecule has 0 aliphatic heterocycles. The van der Waals surface area contributed by atoms with Crippen molar-refractivity contribution in [1.82, 2.24) is 9.97 Å². The van der Waals surface area contributed by atoms with Crippen LogP contribution in [0.1, 0.15) is 5.56 Å². The van der Waals surface area contributed by atoms with Crippen LogP contribution in [0.5, 0.6) is 0 Å². The van der Waals surface area contributed by atoms with Gasteiger partial charge in [-0.25, -0.2) is 23.1 Å². The second kappa shape index (κ2) is 5.00. The minimum absolute atomic E-state index is 0.0604. The Morgan fingerprint density at radius 1 is 1.00 bits per heavy atom. The van der Waals surface area contributed by atoms with Crippen LogP contribution in [0.4, 0.5) is 13.2 Å². The van der Waals surface area contributed by atoms with Crippen molar-refractivity contribution in [3.63, 3.8) is 0 Å². The lowest BCUT2D eigenvalue weighted by Crippen LogP contribution is -1.99. The number of rotatable bonds is 1. The summed E-state index contributed by atoms with van der Waals surface area (Å²) in [7, 11) is 0. The molecule has 0 unspecified atom stereocenters. The van der Waals surface area contributed by atoms with Gasteiger partial charge in [0, 0.05) is 5.39 Å². The van der Waals surface area contributed by atoms with Crippen molar-refractivity contribution in [3.8, 4) is 11.4 Å². The van der Waals surface area contributed by atoms with Crippen molar-refractivity contribution in [2.75, 3.05) is 0 Å². The van der Waals surface area contributed by atoms with Crippen LogP contribution < -0.4 is 0 Å². The van der Waals surface area contributed by atoms with E-state index in [4.69, 9.17) is 11.6 Å². The number of hydrogen-bond acceptors (Lipinski definition) is 2. The molecule has 0 N–H and O–H groups in total. The summed E-state index contributed by atoms with van der Waals surface area (Å²) >= 11 is 5.97. The molecule has 0 radical (unpaired) electrons. The first-order chi connectivity index (χ1) is 9.97. The lowest BCUT2D eigenvalue weighted by Gasteiger charge is -2.08. The SMILES string of the molecule is Cc1ccc(F)c(-c2nc(Cl)c3cc(F)ccc3n2)c1F. The molecule has 0 saturated carbocycles. The van der Waals surface area contributed by atoms with Crippen LogP contribution in [0.3, 0.4) is 0 Å². The second-order valence-corrected chi connectivity index (χ2v) is 4.91. The van der Waals surface area contributed by atoms with Gasteiger partial charge in [-0.15, -0.1) is 0 Å². The molecule has 2 aromatic carbocycles. The molecule has 21 heavy (non-hydrogen) atoms. The van der Waals surface area contributed by atoms with Crippen molar-refractivity contribution in [3.05, 3.63) is 58.5 Å². The van der Waals surface area contributed by atoms with Gasteiger partial charge in [0.05, 0.1) is 11.1 Å². The molecule has 0 atom stereocenters. The fourth-order valence-electron chi connectivity index (χ4n) is 2.04. The summed E-state index contributed by atoms with van der Waals surface area (Å²) in [5.41, 5.74) is 0.236. The van der Waals surface area contributed by atoms with E-state index < -0.39 is 17.5 Å². The van der Waals surface area contributed by atoms with Crippen molar-refractivity contribution in [2.45, 2.75) is 6.92 Å². The van der Waals surface area contributed by atoms with Gasteiger partial charge in [0.1, 0.15) is 22.6 Å². The Morgan fingerprint density at radius 3 is 2.52 bits per heavy atom. The Balaban J connectivity index is 2.32. The molecule has 0 saturated heterocycles. The molecule has 0 aliphatic rings. The number of aryl methyl sites for hydroxylation is 1. The molecule has 0 aliphatic carbocycles. The zero-order valence-corrected chi connectivity index (χ0v) is 11.5. The van der Waals surface area contributed by atoms with Crippen LogP contribution in [0.15, 0.2) is 30.3 Å². The zero-order valence-electron chi connectivity index (χ0n) is 10.8. The number of halogens is 4. The third-order valence-corrected chi connectivity index (χ3v) is 3.41. The van der Waals surface area contributed by atoms with E-state index in [1.165, 1.54) is 31.2 Å². The maximum Gasteiger partial charge on any atom is 0.167 e. The molecule has 1 heterocycles. The quantitative estimate of drug-likeness (QED) is 0.610. The highest BCUT2D eigenvalue weighted by molar-refractivity contribution is 6.34. The summed E-state index contributed by atoms with van der Waals surface area (Å²) in [4.78, 5) is 7.95. The molecule has 0 fully saturated rings. The van der Waals surface area contributed by atoms with Crippen LogP contribution in [-0.4, -0.2) is 9.97 Å². The second-order valence-electron chi connectivity index (χ2n) is 4.55. The number of hydrogen-bond donors (Lipinski definition) is 0. The van der Waals surface area contributed by atoms with Crippen LogP contribution in [0, 0.1) is 24.4 Å². The molecule has 0 amide bonds. The molecule has 3 rings (SSSR count). The van der Waals surface area contributed by atoms with Crippen molar-refractivity contribution in [1.29, 1.82) is 0 Å². The average molecular weight is 309 g/mol. The summed E-state index contributed by atoms with van der Waals surface area (Å²) in [5, 5.41) is 0.226. The van der Waals surface area contributed by atoms with E-state index >= 15 is 0 Å². The van der Waals surface area contributed by atoms with Crippen molar-refractivity contribution in [2.24, 2.45) is 0 Å². The van der Waals surface area contributed by atoms with Gasteiger partial charge < -0.3 is 0 Å². The van der Waals surface area contributed by atoms with E-state index in [9.17, 15) is 13.2 Å². The first-order valence-corrected chi connectivity index (χ1v) is 6.43. The molecule has 0 spiro atoms. The summed E-state index contributed by atoms with van der Waals surface area (Å²) in [5.74, 6) is -2.19. The van der Waals surface area contributed by atoms with Gasteiger partial charge in [-0.05, 0) is 36.8 Å². The summed E-state index contributed by atoms with van der Waals surface area (Å²) in [6.07, 6.45) is 0. The third-order valence-electron chi connectivity index (χ3n) is 3.12. The van der Waals surface area contributed by atoms with E-state index in [1.54, 1.807) is 0 Å². The van der Waals surface area contributed by atoms with Crippen LogP contribution in [0.25, 0.3) is 22.3 Å². The van der Waals surface area contributed by atoms with Gasteiger partial charge in [-0.3, -0.25) is 0 Å². The van der Waals surface area contributed by atoms with Gasteiger partial charge in [-0.1, -0.05) is 17.7 Å². The van der Waals surface area contributed by atoms with Gasteiger partial charge in [0.15, 0.2) is 5.82 Å². The minimum Gasteiger partial charge on any atom is -0.228 e. The molecule has 6 heteroatoms. The maximum absolute atomic E-state index is 14.1. The van der Waals surface area contributed by atoms with Gasteiger partial charge in [0.2, 0.25) is 0 Å². The summed E-state index contributed by atoms with van der Waals surface area (Å²) < 4.78 is 41.2. The number of fused-ring (bicyclic) bond motifs is 1. The standard InChI is InChI=1S/C15H8ClF3N2/c1-7-2-4-10(18)12(13(7)19)15-20-11-5-3-8(17)6-9(11)14(16)21-15/h2-6H,1H3. The van der Waals surface area contributed by atoms with Crippen LogP contribution >= 0.6 is 11.6 Å². The molecule has 0 bridgehead atoms. The van der Waals surface area contributed by atoms with Crippen molar-refractivity contribution >= 4 is 22.5 Å². The van der Waals surface area contributed by atoms with Crippen molar-refractivity contribution < 1.29 is 13.2 Å². The highest BCUT2D eigenvalue weighted by Crippen LogP contribution is 2.29. The van der Waals surface area contributed by atoms with Gasteiger partial charge in [0.25, 0.3) is 0 Å². The molecule has 3 aromatic rings. The third kappa shape index (κ3) is 2.34. The molecule has 106 valence electrons. The maximum atomic E-state index is 14.1. The monoisotopic (exact) mass is 308 g/mol. The van der Waals surface area contributed by atoms with Crippen LogP contribution in [0.2, 0.25) is 5.15 Å². The fourth-order valence-corrected chi connectivity index (χ4v) is 2.27. The Kier molecular flexibility index (Phi) is 3.29. The lowest BCUT2D eigenvalue weighted by atomic mass is 10.1. The summed E-state index contributed by atoms with van der Waals surface area (Å²) in [6.45, 7) is 1.51. The topological polar surface area (TPSA) is 25.8 Å². The highest BCUT2D eigenvalue weighted by atomic mass is 35.5. The first-order valence-electron chi connectivity index (χ1n) is 6.05. The van der Waals surface area contributed by atoms with E-state index in [-0.39, 0.29) is 27.5 Å². The normalized spacial score (nSPS) is 11.1. The van der Waals surface area contributed by atoms with Crippen LogP contribution in [-0.2, 0) is 0 Å². The minimum atomic E-state index is -0.782.